The van der Waals surface area contributed by atoms with Crippen molar-refractivity contribution < 1.29 is 19.8 Å². The topological polar surface area (TPSA) is 74.6 Å². The highest BCUT2D eigenvalue weighted by Crippen LogP contribution is 2.43. The van der Waals surface area contributed by atoms with Crippen LogP contribution in [0.3, 0.4) is 0 Å². The summed E-state index contributed by atoms with van der Waals surface area (Å²) in [7, 11) is 0. The Bertz CT molecular complexity index is 682. The fourth-order valence-corrected chi connectivity index (χ4v) is 6.67. The van der Waals surface area contributed by atoms with Crippen LogP contribution in [0.25, 0.3) is 0 Å². The van der Waals surface area contributed by atoms with Gasteiger partial charge >= 0.3 is 11.9 Å². The highest BCUT2D eigenvalue weighted by atomic mass is 16.4. The summed E-state index contributed by atoms with van der Waals surface area (Å²) in [5.41, 5.74) is 0. The van der Waals surface area contributed by atoms with Crippen LogP contribution in [0.2, 0.25) is 0 Å². The molecule has 4 nitrogen and oxygen atoms in total. The standard InChI is InChI=1S/C36H64O4/c1-3-5-17-23-31-29-30-32(24-19-13-11-12-16-22-28-36(39)40)34(33(31)25-18-6-4-2)26-20-14-9-7-8-10-15-21-27-35(37)38/h14,20,29-34H,3-13,15-19,21-28H2,1-2H3,(H,37,38)(H,39,40). The number of hydrogen-bond donors (Lipinski definition) is 2. The Balaban J connectivity index is 2.64. The number of rotatable bonds is 27. The fourth-order valence-electron chi connectivity index (χ4n) is 6.67. The Morgan fingerprint density at radius 1 is 0.550 bits per heavy atom. The maximum Gasteiger partial charge on any atom is 0.303 e. The maximum absolute atomic E-state index is 10.7. The molecule has 0 bridgehead atoms. The average molecular weight is 561 g/mol. The second-order valence-corrected chi connectivity index (χ2v) is 12.5. The smallest absolute Gasteiger partial charge is 0.303 e. The number of hydrogen-bond acceptors (Lipinski definition) is 2. The summed E-state index contributed by atoms with van der Waals surface area (Å²) < 4.78 is 0. The zero-order valence-corrected chi connectivity index (χ0v) is 26.3. The van der Waals surface area contributed by atoms with Crippen LogP contribution in [-0.2, 0) is 9.59 Å². The molecule has 0 heterocycles. The van der Waals surface area contributed by atoms with Crippen LogP contribution >= 0.6 is 0 Å². The zero-order valence-electron chi connectivity index (χ0n) is 26.3. The second kappa shape index (κ2) is 25.2. The largest absolute Gasteiger partial charge is 0.481 e. The predicted octanol–water partition coefficient (Wildman–Crippen LogP) is 11.1. The van der Waals surface area contributed by atoms with Gasteiger partial charge in [-0.1, -0.05) is 128 Å². The minimum atomic E-state index is -0.674. The van der Waals surface area contributed by atoms with E-state index in [9.17, 15) is 9.59 Å². The highest BCUT2D eigenvalue weighted by molar-refractivity contribution is 5.66. The van der Waals surface area contributed by atoms with Gasteiger partial charge in [0.05, 0.1) is 0 Å². The van der Waals surface area contributed by atoms with Crippen molar-refractivity contribution in [2.24, 2.45) is 23.7 Å². The third kappa shape index (κ3) is 18.7. The molecule has 1 aliphatic rings. The van der Waals surface area contributed by atoms with E-state index in [0.29, 0.717) is 18.8 Å². The van der Waals surface area contributed by atoms with Crippen molar-refractivity contribution in [1.82, 2.24) is 0 Å². The molecule has 0 aromatic carbocycles. The summed E-state index contributed by atoms with van der Waals surface area (Å²) in [6.07, 6.45) is 37.4. The number of aliphatic carboxylic acids is 2. The number of carboxylic acid groups (broad SMARTS) is 2. The van der Waals surface area contributed by atoms with Gasteiger partial charge in [0.2, 0.25) is 0 Å². The number of carbonyl (C=O) groups is 2. The molecule has 0 fully saturated rings. The van der Waals surface area contributed by atoms with Gasteiger partial charge in [-0.2, -0.15) is 0 Å². The van der Waals surface area contributed by atoms with Crippen LogP contribution in [0.4, 0.5) is 0 Å². The Morgan fingerprint density at radius 3 is 1.55 bits per heavy atom. The molecule has 4 atom stereocenters. The van der Waals surface area contributed by atoms with Crippen molar-refractivity contribution in [2.75, 3.05) is 0 Å². The normalized spacial score (nSPS) is 20.9. The van der Waals surface area contributed by atoms with E-state index in [1.165, 1.54) is 103 Å². The van der Waals surface area contributed by atoms with Crippen molar-refractivity contribution in [3.8, 4) is 0 Å². The van der Waals surface area contributed by atoms with E-state index < -0.39 is 11.9 Å². The Labute approximate surface area is 247 Å². The summed E-state index contributed by atoms with van der Waals surface area (Å²) in [4.78, 5) is 21.4. The molecule has 4 heteroatoms. The van der Waals surface area contributed by atoms with E-state index in [2.05, 4.69) is 38.2 Å². The van der Waals surface area contributed by atoms with E-state index >= 15 is 0 Å². The molecule has 0 amide bonds. The minimum absolute atomic E-state index is 0.308. The molecular weight excluding hydrogens is 496 g/mol. The monoisotopic (exact) mass is 560 g/mol. The lowest BCUT2D eigenvalue weighted by Gasteiger charge is -2.40. The molecule has 40 heavy (non-hydrogen) atoms. The first-order chi connectivity index (χ1) is 19.5. The van der Waals surface area contributed by atoms with Gasteiger partial charge in [0.25, 0.3) is 0 Å². The second-order valence-electron chi connectivity index (χ2n) is 12.5. The van der Waals surface area contributed by atoms with E-state index in [-0.39, 0.29) is 0 Å². The molecule has 4 unspecified atom stereocenters. The van der Waals surface area contributed by atoms with Gasteiger partial charge in [-0.25, -0.2) is 0 Å². The van der Waals surface area contributed by atoms with Gasteiger partial charge in [-0.05, 0) is 75.0 Å². The van der Waals surface area contributed by atoms with Gasteiger partial charge in [-0.15, -0.1) is 0 Å². The van der Waals surface area contributed by atoms with Gasteiger partial charge in [0, 0.05) is 12.8 Å². The molecule has 0 spiro atoms. The Kier molecular flexibility index (Phi) is 22.9. The fraction of sp³-hybridized carbons (Fsp3) is 0.833. The van der Waals surface area contributed by atoms with Gasteiger partial charge in [0.1, 0.15) is 0 Å². The number of carboxylic acids is 2. The lowest BCUT2D eigenvalue weighted by molar-refractivity contribution is -0.138. The molecule has 1 aliphatic carbocycles. The molecule has 0 radical (unpaired) electrons. The first kappa shape index (κ1) is 36.4. The SMILES string of the molecule is CCCCCC1C=CC(CCCCCCCCC(=O)O)C(CC=CCCCCCCCC(=O)O)C1CCCCC. The number of allylic oxidation sites excluding steroid dienone is 4. The van der Waals surface area contributed by atoms with Crippen molar-refractivity contribution in [2.45, 2.75) is 168 Å². The first-order valence-electron chi connectivity index (χ1n) is 17.3. The molecule has 2 N–H and O–H groups in total. The van der Waals surface area contributed by atoms with Crippen LogP contribution in [0, 0.1) is 23.7 Å². The highest BCUT2D eigenvalue weighted by Gasteiger charge is 2.34. The van der Waals surface area contributed by atoms with Crippen LogP contribution in [0.15, 0.2) is 24.3 Å². The molecule has 0 aromatic rings. The average Bonchev–Trinajstić information content (AvgIpc) is 2.92. The molecule has 1 rings (SSSR count). The Morgan fingerprint density at radius 2 is 1.00 bits per heavy atom. The summed E-state index contributed by atoms with van der Waals surface area (Å²) in [5, 5.41) is 17.6. The first-order valence-corrected chi connectivity index (χ1v) is 17.3. The molecule has 232 valence electrons. The van der Waals surface area contributed by atoms with E-state index in [0.717, 1.165) is 56.3 Å². The third-order valence-electron chi connectivity index (χ3n) is 9.05. The summed E-state index contributed by atoms with van der Waals surface area (Å²) in [5.74, 6) is 1.67. The predicted molar refractivity (Wildman–Crippen MR) is 170 cm³/mol. The van der Waals surface area contributed by atoms with Crippen LogP contribution < -0.4 is 0 Å². The molecule has 0 aliphatic heterocycles. The van der Waals surface area contributed by atoms with Gasteiger partial charge in [-0.3, -0.25) is 9.59 Å². The lowest BCUT2D eigenvalue weighted by Crippen LogP contribution is -2.31. The lowest BCUT2D eigenvalue weighted by atomic mass is 9.65. The van der Waals surface area contributed by atoms with Crippen LogP contribution in [0.1, 0.15) is 168 Å². The number of unbranched alkanes of at least 4 members (excludes halogenated alkanes) is 14. The van der Waals surface area contributed by atoms with Gasteiger partial charge < -0.3 is 10.2 Å². The van der Waals surface area contributed by atoms with Crippen LogP contribution in [0.5, 0.6) is 0 Å². The molecule has 0 saturated carbocycles. The summed E-state index contributed by atoms with van der Waals surface area (Å²) >= 11 is 0. The Hall–Kier alpha value is -1.58. The van der Waals surface area contributed by atoms with E-state index in [4.69, 9.17) is 10.2 Å². The van der Waals surface area contributed by atoms with Gasteiger partial charge in [0.15, 0.2) is 0 Å². The molecule has 0 saturated heterocycles. The van der Waals surface area contributed by atoms with Crippen molar-refractivity contribution in [1.29, 1.82) is 0 Å². The molecule has 0 aromatic heterocycles. The van der Waals surface area contributed by atoms with Crippen LogP contribution in [-0.4, -0.2) is 22.2 Å². The summed E-state index contributed by atoms with van der Waals surface area (Å²) in [6, 6.07) is 0. The zero-order chi connectivity index (χ0) is 29.3. The molecular formula is C36H64O4. The third-order valence-corrected chi connectivity index (χ3v) is 9.05. The minimum Gasteiger partial charge on any atom is -0.481 e. The van der Waals surface area contributed by atoms with Crippen molar-refractivity contribution >= 4 is 11.9 Å². The van der Waals surface area contributed by atoms with E-state index in [1.807, 2.05) is 0 Å². The maximum atomic E-state index is 10.7. The van der Waals surface area contributed by atoms with Crippen molar-refractivity contribution in [3.63, 3.8) is 0 Å². The van der Waals surface area contributed by atoms with E-state index in [1.54, 1.807) is 0 Å². The quantitative estimate of drug-likeness (QED) is 0.0774. The van der Waals surface area contributed by atoms with Crippen molar-refractivity contribution in [3.05, 3.63) is 24.3 Å². The summed E-state index contributed by atoms with van der Waals surface area (Å²) in [6.45, 7) is 4.62.